The number of methoxy groups -OCH3 is 1. The number of hydrogen-bond donors (Lipinski definition) is 1. The molecule has 0 fully saturated rings. The Hall–Kier alpha value is 0.230. The summed E-state index contributed by atoms with van der Waals surface area (Å²) in [6.45, 7) is 8.61. The summed E-state index contributed by atoms with van der Waals surface area (Å²) in [6, 6.07) is 0.546. The largest absolute Gasteiger partial charge is 0.383 e. The lowest BCUT2D eigenvalue weighted by Crippen LogP contribution is -2.36. The maximum Gasteiger partial charge on any atom is 0.0593 e. The lowest BCUT2D eigenvalue weighted by molar-refractivity contribution is 0.0816. The van der Waals surface area contributed by atoms with Gasteiger partial charge in [0.25, 0.3) is 0 Å². The smallest absolute Gasteiger partial charge is 0.0593 e. The van der Waals surface area contributed by atoms with Crippen molar-refractivity contribution in [3.63, 3.8) is 0 Å². The van der Waals surface area contributed by atoms with Gasteiger partial charge in [-0.1, -0.05) is 0 Å². The molecular weight excluding hydrogens is 198 g/mol. The van der Waals surface area contributed by atoms with Crippen LogP contribution in [0, 0.1) is 0 Å². The Morgan fingerprint density at radius 3 is 2.29 bits per heavy atom. The van der Waals surface area contributed by atoms with Crippen molar-refractivity contribution in [3.8, 4) is 0 Å². The van der Waals surface area contributed by atoms with E-state index >= 15 is 0 Å². The molecule has 3 nitrogen and oxygen atoms in total. The van der Waals surface area contributed by atoms with E-state index in [9.17, 15) is 0 Å². The Labute approximate surface area is 93.2 Å². The molecule has 0 N–H and O–H groups in total. The van der Waals surface area contributed by atoms with Crippen LogP contribution in [-0.4, -0.2) is 56.7 Å². The van der Waals surface area contributed by atoms with Crippen LogP contribution in [0.15, 0.2) is 0 Å². The molecule has 14 heavy (non-hydrogen) atoms. The Kier molecular flexibility index (Phi) is 9.93. The first-order valence-corrected chi connectivity index (χ1v) is 5.77. The summed E-state index contributed by atoms with van der Waals surface area (Å²) in [5, 5.41) is 0. The number of ether oxygens (including phenoxy) is 2. The molecular formula is C10H23NO2S. The molecule has 0 aromatic carbocycles. The molecule has 0 saturated heterocycles. The second-order valence-corrected chi connectivity index (χ2v) is 3.91. The van der Waals surface area contributed by atoms with Gasteiger partial charge in [-0.3, -0.25) is 4.90 Å². The molecule has 4 heteroatoms. The molecule has 0 radical (unpaired) electrons. The molecule has 0 heterocycles. The molecule has 86 valence electrons. The first kappa shape index (κ1) is 14.2. The van der Waals surface area contributed by atoms with Crippen molar-refractivity contribution < 1.29 is 9.47 Å². The maximum atomic E-state index is 5.38. The lowest BCUT2D eigenvalue weighted by Gasteiger charge is -2.25. The molecule has 0 aliphatic rings. The molecule has 0 aliphatic heterocycles. The molecule has 0 amide bonds. The first-order valence-electron chi connectivity index (χ1n) is 5.14. The van der Waals surface area contributed by atoms with Crippen molar-refractivity contribution in [2.45, 2.75) is 19.9 Å². The minimum Gasteiger partial charge on any atom is -0.383 e. The van der Waals surface area contributed by atoms with Crippen molar-refractivity contribution in [1.82, 2.24) is 4.90 Å². The van der Waals surface area contributed by atoms with E-state index in [1.54, 1.807) is 7.11 Å². The van der Waals surface area contributed by atoms with Crippen LogP contribution in [0.5, 0.6) is 0 Å². The summed E-state index contributed by atoms with van der Waals surface area (Å²) in [4.78, 5) is 2.35. The van der Waals surface area contributed by atoms with E-state index in [4.69, 9.17) is 9.47 Å². The van der Waals surface area contributed by atoms with E-state index in [1.807, 2.05) is 0 Å². The van der Waals surface area contributed by atoms with Crippen LogP contribution in [0.25, 0.3) is 0 Å². The Morgan fingerprint density at radius 1 is 1.14 bits per heavy atom. The van der Waals surface area contributed by atoms with Crippen LogP contribution in [0.1, 0.15) is 13.8 Å². The third-order valence-electron chi connectivity index (χ3n) is 2.07. The average molecular weight is 221 g/mol. The van der Waals surface area contributed by atoms with E-state index in [2.05, 4.69) is 31.4 Å². The van der Waals surface area contributed by atoms with Gasteiger partial charge in [0.05, 0.1) is 19.8 Å². The van der Waals surface area contributed by atoms with Gasteiger partial charge in [0.15, 0.2) is 0 Å². The Balaban J connectivity index is 3.52. The zero-order valence-corrected chi connectivity index (χ0v) is 10.4. The Morgan fingerprint density at radius 2 is 1.79 bits per heavy atom. The third-order valence-corrected chi connectivity index (χ3v) is 2.25. The van der Waals surface area contributed by atoms with Crippen molar-refractivity contribution in [2.24, 2.45) is 0 Å². The summed E-state index contributed by atoms with van der Waals surface area (Å²) in [5.41, 5.74) is 0. The van der Waals surface area contributed by atoms with Crippen LogP contribution in [0.4, 0.5) is 0 Å². The minimum absolute atomic E-state index is 0.546. The average Bonchev–Trinajstić information content (AvgIpc) is 2.16. The van der Waals surface area contributed by atoms with Gasteiger partial charge in [-0.25, -0.2) is 0 Å². The third kappa shape index (κ3) is 7.62. The highest BCUT2D eigenvalue weighted by molar-refractivity contribution is 7.80. The fraction of sp³-hybridized carbons (Fsp3) is 1.00. The molecule has 0 atom stereocenters. The van der Waals surface area contributed by atoms with Gasteiger partial charge in [0.1, 0.15) is 0 Å². The van der Waals surface area contributed by atoms with Gasteiger partial charge in [-0.15, -0.1) is 0 Å². The highest BCUT2D eigenvalue weighted by atomic mass is 32.1. The standard InChI is InChI=1S/C10H23NO2S/c1-10(2)11(4-6-12-3)5-7-13-8-9-14/h10,14H,4-9H2,1-3H3. The summed E-state index contributed by atoms with van der Waals surface area (Å²) < 4.78 is 10.4. The highest BCUT2D eigenvalue weighted by Crippen LogP contribution is 1.97. The maximum absolute atomic E-state index is 5.38. The van der Waals surface area contributed by atoms with E-state index in [1.165, 1.54) is 0 Å². The number of nitrogens with zero attached hydrogens (tertiary/aromatic N) is 1. The van der Waals surface area contributed by atoms with Crippen LogP contribution in [0.3, 0.4) is 0 Å². The monoisotopic (exact) mass is 221 g/mol. The van der Waals surface area contributed by atoms with Gasteiger partial charge in [0, 0.05) is 32.0 Å². The second kappa shape index (κ2) is 9.77. The minimum atomic E-state index is 0.546. The normalized spacial score (nSPS) is 11.6. The zero-order valence-electron chi connectivity index (χ0n) is 9.53. The number of thiol groups is 1. The topological polar surface area (TPSA) is 21.7 Å². The van der Waals surface area contributed by atoms with Crippen LogP contribution >= 0.6 is 12.6 Å². The fourth-order valence-electron chi connectivity index (χ4n) is 1.19. The van der Waals surface area contributed by atoms with Crippen molar-refractivity contribution >= 4 is 12.6 Å². The van der Waals surface area contributed by atoms with Crippen molar-refractivity contribution in [3.05, 3.63) is 0 Å². The SMILES string of the molecule is COCCN(CCOCCS)C(C)C. The summed E-state index contributed by atoms with van der Waals surface area (Å²) >= 11 is 4.08. The fourth-order valence-corrected chi connectivity index (χ4v) is 1.31. The van der Waals surface area contributed by atoms with E-state index in [0.717, 1.165) is 38.7 Å². The van der Waals surface area contributed by atoms with Crippen LogP contribution < -0.4 is 0 Å². The van der Waals surface area contributed by atoms with Crippen LogP contribution in [-0.2, 0) is 9.47 Å². The molecule has 0 aliphatic carbocycles. The van der Waals surface area contributed by atoms with Crippen molar-refractivity contribution in [1.29, 1.82) is 0 Å². The molecule has 0 aromatic heterocycles. The summed E-state index contributed by atoms with van der Waals surface area (Å²) in [5.74, 6) is 0.791. The van der Waals surface area contributed by atoms with Gasteiger partial charge >= 0.3 is 0 Å². The second-order valence-electron chi connectivity index (χ2n) is 3.46. The Bertz CT molecular complexity index is 123. The zero-order chi connectivity index (χ0) is 10.8. The van der Waals surface area contributed by atoms with E-state index < -0.39 is 0 Å². The van der Waals surface area contributed by atoms with Crippen LogP contribution in [0.2, 0.25) is 0 Å². The first-order chi connectivity index (χ1) is 6.72. The molecule has 0 rings (SSSR count). The molecule has 0 saturated carbocycles. The van der Waals surface area contributed by atoms with E-state index in [0.29, 0.717) is 6.04 Å². The summed E-state index contributed by atoms with van der Waals surface area (Å²) in [6.07, 6.45) is 0. The van der Waals surface area contributed by atoms with Gasteiger partial charge < -0.3 is 9.47 Å². The molecule has 0 spiro atoms. The van der Waals surface area contributed by atoms with Crippen molar-refractivity contribution in [2.75, 3.05) is 45.8 Å². The molecule has 0 bridgehead atoms. The summed E-state index contributed by atoms with van der Waals surface area (Å²) in [7, 11) is 1.73. The number of hydrogen-bond acceptors (Lipinski definition) is 4. The van der Waals surface area contributed by atoms with Gasteiger partial charge in [-0.05, 0) is 13.8 Å². The molecule has 0 unspecified atom stereocenters. The number of rotatable bonds is 9. The van der Waals surface area contributed by atoms with Gasteiger partial charge in [-0.2, -0.15) is 12.6 Å². The quantitative estimate of drug-likeness (QED) is 0.468. The highest BCUT2D eigenvalue weighted by Gasteiger charge is 2.07. The predicted octanol–water partition coefficient (Wildman–Crippen LogP) is 1.29. The van der Waals surface area contributed by atoms with E-state index in [-0.39, 0.29) is 0 Å². The lowest BCUT2D eigenvalue weighted by atomic mass is 10.3. The van der Waals surface area contributed by atoms with Gasteiger partial charge in [0.2, 0.25) is 0 Å². The molecule has 0 aromatic rings. The predicted molar refractivity (Wildman–Crippen MR) is 63.3 cm³/mol.